The Morgan fingerprint density at radius 2 is 1.70 bits per heavy atom. The van der Waals surface area contributed by atoms with Crippen LogP contribution >= 0.6 is 0 Å². The molecule has 0 atom stereocenters. The van der Waals surface area contributed by atoms with Crippen molar-refractivity contribution >= 4 is 17.3 Å². The third-order valence-electron chi connectivity index (χ3n) is 5.86. The molecule has 0 saturated carbocycles. The van der Waals surface area contributed by atoms with Crippen LogP contribution in [0.5, 0.6) is 0 Å². The van der Waals surface area contributed by atoms with E-state index in [0.717, 1.165) is 62.8 Å². The summed E-state index contributed by atoms with van der Waals surface area (Å²) in [5, 5.41) is 0. The molecule has 4 heterocycles. The monoisotopic (exact) mass is 366 g/mol. The third kappa shape index (κ3) is 3.17. The van der Waals surface area contributed by atoms with Crippen molar-refractivity contribution < 1.29 is 9.47 Å². The standard InChI is InChI=1S/C21H26N4O2/c1-16-22-19(24-11-8-21(9-12-24)26-13-14-27-21)15-20(23-16)25-10-4-6-17-5-2-3-7-18(17)25/h2-3,5,7,15H,4,6,8-14H2,1H3. The number of aromatic nitrogens is 2. The fraction of sp³-hybridized carbons (Fsp3) is 0.524. The maximum atomic E-state index is 5.86. The van der Waals surface area contributed by atoms with Crippen molar-refractivity contribution in [3.63, 3.8) is 0 Å². The van der Waals surface area contributed by atoms with E-state index >= 15 is 0 Å². The molecule has 3 aliphatic heterocycles. The van der Waals surface area contributed by atoms with Crippen molar-refractivity contribution in [1.82, 2.24) is 9.97 Å². The first-order chi connectivity index (χ1) is 13.2. The van der Waals surface area contributed by atoms with Gasteiger partial charge in [-0.1, -0.05) is 18.2 Å². The van der Waals surface area contributed by atoms with Gasteiger partial charge in [0.25, 0.3) is 0 Å². The third-order valence-corrected chi connectivity index (χ3v) is 5.86. The highest BCUT2D eigenvalue weighted by Gasteiger charge is 2.40. The Morgan fingerprint density at radius 3 is 2.52 bits per heavy atom. The topological polar surface area (TPSA) is 50.7 Å². The maximum absolute atomic E-state index is 5.86. The highest BCUT2D eigenvalue weighted by molar-refractivity contribution is 5.67. The summed E-state index contributed by atoms with van der Waals surface area (Å²) in [5.41, 5.74) is 2.68. The second-order valence-corrected chi connectivity index (χ2v) is 7.61. The fourth-order valence-electron chi connectivity index (χ4n) is 4.47. The lowest BCUT2D eigenvalue weighted by molar-refractivity contribution is -0.169. The molecule has 27 heavy (non-hydrogen) atoms. The van der Waals surface area contributed by atoms with Crippen LogP contribution in [0.25, 0.3) is 0 Å². The molecular formula is C21H26N4O2. The lowest BCUT2D eigenvalue weighted by atomic mass is 10.0. The summed E-state index contributed by atoms with van der Waals surface area (Å²) in [6.45, 7) is 6.20. The first-order valence-corrected chi connectivity index (χ1v) is 9.96. The van der Waals surface area contributed by atoms with Crippen molar-refractivity contribution in [2.24, 2.45) is 0 Å². The Morgan fingerprint density at radius 1 is 0.963 bits per heavy atom. The Balaban J connectivity index is 1.41. The molecule has 2 fully saturated rings. The lowest BCUT2D eigenvalue weighted by Crippen LogP contribution is -2.45. The van der Waals surface area contributed by atoms with Crippen LogP contribution in [0.4, 0.5) is 17.3 Å². The minimum atomic E-state index is -0.354. The van der Waals surface area contributed by atoms with Crippen molar-refractivity contribution in [1.29, 1.82) is 0 Å². The molecule has 0 aliphatic carbocycles. The van der Waals surface area contributed by atoms with Gasteiger partial charge in [0, 0.05) is 44.2 Å². The van der Waals surface area contributed by atoms with E-state index in [9.17, 15) is 0 Å². The molecule has 142 valence electrons. The summed E-state index contributed by atoms with van der Waals surface area (Å²) >= 11 is 0. The quantitative estimate of drug-likeness (QED) is 0.813. The van der Waals surface area contributed by atoms with Gasteiger partial charge in [-0.05, 0) is 31.4 Å². The second-order valence-electron chi connectivity index (χ2n) is 7.61. The Labute approximate surface area is 160 Å². The zero-order valence-corrected chi connectivity index (χ0v) is 15.9. The van der Waals surface area contributed by atoms with Crippen molar-refractivity contribution in [2.45, 2.75) is 38.4 Å². The first kappa shape index (κ1) is 17.0. The molecule has 0 N–H and O–H groups in total. The molecule has 6 heteroatoms. The number of hydrogen-bond donors (Lipinski definition) is 0. The summed E-state index contributed by atoms with van der Waals surface area (Å²) in [7, 11) is 0. The molecule has 6 nitrogen and oxygen atoms in total. The normalized spacial score (nSPS) is 21.5. The number of fused-ring (bicyclic) bond motifs is 1. The minimum absolute atomic E-state index is 0.354. The number of hydrogen-bond acceptors (Lipinski definition) is 6. The van der Waals surface area contributed by atoms with E-state index in [1.807, 2.05) is 6.92 Å². The molecule has 0 amide bonds. The van der Waals surface area contributed by atoms with Crippen molar-refractivity contribution in [3.8, 4) is 0 Å². The molecule has 0 bridgehead atoms. The largest absolute Gasteiger partial charge is 0.356 e. The number of nitrogens with zero attached hydrogens (tertiary/aromatic N) is 4. The van der Waals surface area contributed by atoms with E-state index in [4.69, 9.17) is 19.4 Å². The molecule has 1 aromatic heterocycles. The molecule has 2 saturated heterocycles. The molecule has 5 rings (SSSR count). The summed E-state index contributed by atoms with van der Waals surface area (Å²) in [4.78, 5) is 14.2. The van der Waals surface area contributed by atoms with Gasteiger partial charge in [-0.25, -0.2) is 9.97 Å². The highest BCUT2D eigenvalue weighted by atomic mass is 16.7. The highest BCUT2D eigenvalue weighted by Crippen LogP contribution is 2.36. The van der Waals surface area contributed by atoms with Gasteiger partial charge < -0.3 is 19.3 Å². The van der Waals surface area contributed by atoms with Crippen LogP contribution in [0.3, 0.4) is 0 Å². The van der Waals surface area contributed by atoms with Crippen molar-refractivity contribution in [2.75, 3.05) is 42.6 Å². The van der Waals surface area contributed by atoms with Crippen LogP contribution in [0, 0.1) is 6.92 Å². The summed E-state index contributed by atoms with van der Waals surface area (Å²) < 4.78 is 11.7. The average Bonchev–Trinajstić information content (AvgIpc) is 3.15. The minimum Gasteiger partial charge on any atom is -0.356 e. The molecule has 0 radical (unpaired) electrons. The fourth-order valence-corrected chi connectivity index (χ4v) is 4.47. The molecule has 1 aromatic carbocycles. The zero-order valence-electron chi connectivity index (χ0n) is 15.9. The van der Waals surface area contributed by atoms with Gasteiger partial charge in [0.1, 0.15) is 17.5 Å². The van der Waals surface area contributed by atoms with Gasteiger partial charge in [-0.15, -0.1) is 0 Å². The first-order valence-electron chi connectivity index (χ1n) is 9.96. The van der Waals surface area contributed by atoms with Crippen LogP contribution in [0.2, 0.25) is 0 Å². The van der Waals surface area contributed by atoms with E-state index in [-0.39, 0.29) is 5.79 Å². The predicted octanol–water partition coefficient (Wildman–Crippen LogP) is 3.21. The van der Waals surface area contributed by atoms with Gasteiger partial charge >= 0.3 is 0 Å². The van der Waals surface area contributed by atoms with Crippen LogP contribution in [-0.2, 0) is 15.9 Å². The average molecular weight is 366 g/mol. The van der Waals surface area contributed by atoms with Gasteiger partial charge in [0.15, 0.2) is 5.79 Å². The number of anilines is 3. The lowest BCUT2D eigenvalue weighted by Gasteiger charge is -2.38. The van der Waals surface area contributed by atoms with Crippen LogP contribution < -0.4 is 9.80 Å². The van der Waals surface area contributed by atoms with E-state index in [1.54, 1.807) is 0 Å². The smallest absolute Gasteiger partial charge is 0.171 e. The molecule has 2 aromatic rings. The predicted molar refractivity (Wildman–Crippen MR) is 105 cm³/mol. The van der Waals surface area contributed by atoms with Gasteiger partial charge in [0.2, 0.25) is 0 Å². The van der Waals surface area contributed by atoms with Gasteiger partial charge in [-0.2, -0.15) is 0 Å². The Bertz CT molecular complexity index is 825. The Hall–Kier alpha value is -2.18. The van der Waals surface area contributed by atoms with Crippen LogP contribution in [-0.4, -0.2) is 48.6 Å². The van der Waals surface area contributed by atoms with E-state index in [0.29, 0.717) is 13.2 Å². The summed E-state index contributed by atoms with van der Waals surface area (Å²) in [6.07, 6.45) is 4.06. The second kappa shape index (κ2) is 6.77. The van der Waals surface area contributed by atoms with Crippen LogP contribution in [0.15, 0.2) is 30.3 Å². The number of rotatable bonds is 2. The van der Waals surface area contributed by atoms with Crippen molar-refractivity contribution in [3.05, 3.63) is 41.7 Å². The number of ether oxygens (including phenoxy) is 2. The Kier molecular flexibility index (Phi) is 4.25. The van der Waals surface area contributed by atoms with E-state index in [2.05, 4.69) is 40.1 Å². The summed E-state index contributed by atoms with van der Waals surface area (Å²) in [6, 6.07) is 10.8. The number of para-hydroxylation sites is 1. The van der Waals surface area contributed by atoms with Gasteiger partial charge in [0.05, 0.1) is 13.2 Å². The van der Waals surface area contributed by atoms with Gasteiger partial charge in [-0.3, -0.25) is 0 Å². The van der Waals surface area contributed by atoms with Crippen LogP contribution in [0.1, 0.15) is 30.7 Å². The zero-order chi connectivity index (χ0) is 18.3. The van der Waals surface area contributed by atoms with E-state index in [1.165, 1.54) is 11.3 Å². The summed E-state index contributed by atoms with van der Waals surface area (Å²) in [5.74, 6) is 2.47. The number of piperidine rings is 1. The maximum Gasteiger partial charge on any atom is 0.171 e. The number of aryl methyl sites for hydroxylation is 2. The van der Waals surface area contributed by atoms with E-state index < -0.39 is 0 Å². The molecular weight excluding hydrogens is 340 g/mol. The molecule has 0 unspecified atom stereocenters. The SMILES string of the molecule is Cc1nc(N2CCC3(CC2)OCCO3)cc(N2CCCc3ccccc32)n1. The molecule has 3 aliphatic rings. The molecule has 1 spiro atoms. The number of benzene rings is 1.